The van der Waals surface area contributed by atoms with Crippen molar-refractivity contribution < 1.29 is 0 Å². The van der Waals surface area contributed by atoms with E-state index in [4.69, 9.17) is 5.73 Å². The Kier molecular flexibility index (Phi) is 2.71. The molecule has 2 N–H and O–H groups in total. The summed E-state index contributed by atoms with van der Waals surface area (Å²) in [6.07, 6.45) is 1.90. The third-order valence-corrected chi connectivity index (χ3v) is 1.92. The Morgan fingerprint density at radius 3 is 2.30 bits per heavy atom. The van der Waals surface area contributed by atoms with Crippen molar-refractivity contribution in [3.05, 3.63) is 12.8 Å². The van der Waals surface area contributed by atoms with Gasteiger partial charge in [0.2, 0.25) is 0 Å². The average molecular weight is 141 g/mol. The van der Waals surface area contributed by atoms with E-state index in [9.17, 15) is 0 Å². The van der Waals surface area contributed by atoms with Crippen LogP contribution in [0.25, 0.3) is 0 Å². The zero-order valence-electron chi connectivity index (χ0n) is 6.29. The lowest BCUT2D eigenvalue weighted by Crippen LogP contribution is -2.46. The van der Waals surface area contributed by atoms with Crippen LogP contribution >= 0.6 is 0 Å². The molecule has 0 radical (unpaired) electrons. The van der Waals surface area contributed by atoms with Gasteiger partial charge < -0.3 is 10.6 Å². The molecule has 58 valence electrons. The maximum atomic E-state index is 5.47. The minimum atomic E-state index is 0.685. The molecule has 3 heteroatoms. The van der Waals surface area contributed by atoms with Gasteiger partial charge in [0.1, 0.15) is 0 Å². The summed E-state index contributed by atoms with van der Waals surface area (Å²) in [5.74, 6) is 0. The van der Waals surface area contributed by atoms with E-state index >= 15 is 0 Å². The van der Waals surface area contributed by atoms with Crippen molar-refractivity contribution in [1.82, 2.24) is 9.80 Å². The minimum absolute atomic E-state index is 0.685. The molecule has 1 aliphatic rings. The van der Waals surface area contributed by atoms with E-state index in [1.165, 1.54) is 0 Å². The van der Waals surface area contributed by atoms with Crippen molar-refractivity contribution in [2.24, 2.45) is 5.73 Å². The van der Waals surface area contributed by atoms with Crippen LogP contribution in [-0.2, 0) is 0 Å². The number of hydrogen-bond donors (Lipinski definition) is 1. The quantitative estimate of drug-likeness (QED) is 0.571. The highest BCUT2D eigenvalue weighted by atomic mass is 15.3. The molecule has 0 spiro atoms. The Balaban J connectivity index is 2.23. The molecule has 1 heterocycles. The van der Waals surface area contributed by atoms with Crippen molar-refractivity contribution >= 4 is 0 Å². The number of hydrogen-bond acceptors (Lipinski definition) is 3. The van der Waals surface area contributed by atoms with Gasteiger partial charge in [0.15, 0.2) is 0 Å². The van der Waals surface area contributed by atoms with E-state index in [2.05, 4.69) is 16.4 Å². The molecule has 0 aromatic carbocycles. The summed E-state index contributed by atoms with van der Waals surface area (Å²) in [5, 5.41) is 0. The lowest BCUT2D eigenvalue weighted by Gasteiger charge is -2.32. The largest absolute Gasteiger partial charge is 0.375 e. The van der Waals surface area contributed by atoms with E-state index in [-0.39, 0.29) is 0 Å². The van der Waals surface area contributed by atoms with Crippen molar-refractivity contribution in [3.8, 4) is 0 Å². The molecule has 0 amide bonds. The first-order valence-corrected chi connectivity index (χ1v) is 3.66. The molecule has 0 aromatic rings. The highest BCUT2D eigenvalue weighted by Crippen LogP contribution is 1.98. The second-order valence-electron chi connectivity index (χ2n) is 2.52. The topological polar surface area (TPSA) is 32.5 Å². The summed E-state index contributed by atoms with van der Waals surface area (Å²) >= 11 is 0. The van der Waals surface area contributed by atoms with Crippen LogP contribution in [0.4, 0.5) is 0 Å². The summed E-state index contributed by atoms with van der Waals surface area (Å²) in [6, 6.07) is 0. The average Bonchev–Trinajstić information content (AvgIpc) is 2.05. The molecule has 0 aromatic heterocycles. The van der Waals surface area contributed by atoms with Crippen LogP contribution < -0.4 is 5.73 Å². The Bertz CT molecular complexity index is 105. The molecular formula is C7H15N3. The summed E-state index contributed by atoms with van der Waals surface area (Å²) in [5.41, 5.74) is 5.47. The van der Waals surface area contributed by atoms with E-state index < -0.39 is 0 Å². The highest BCUT2D eigenvalue weighted by molar-refractivity contribution is 4.77. The minimum Gasteiger partial charge on any atom is -0.375 e. The molecule has 0 unspecified atom stereocenters. The predicted molar refractivity (Wildman–Crippen MR) is 42.4 cm³/mol. The second kappa shape index (κ2) is 3.58. The summed E-state index contributed by atoms with van der Waals surface area (Å²) in [7, 11) is 0. The van der Waals surface area contributed by atoms with Gasteiger partial charge >= 0.3 is 0 Å². The standard InChI is InChI=1S/C7H15N3/c1-2-9-3-5-10(7-8)6-4-9/h2H,1,3-8H2. The molecule has 0 atom stereocenters. The zero-order chi connectivity index (χ0) is 7.40. The first-order chi connectivity index (χ1) is 4.86. The maximum absolute atomic E-state index is 5.47. The van der Waals surface area contributed by atoms with Gasteiger partial charge in [-0.25, -0.2) is 0 Å². The number of nitrogens with zero attached hydrogens (tertiary/aromatic N) is 2. The van der Waals surface area contributed by atoms with E-state index in [0.29, 0.717) is 6.67 Å². The Hall–Kier alpha value is -0.540. The fourth-order valence-electron chi connectivity index (χ4n) is 1.13. The van der Waals surface area contributed by atoms with Gasteiger partial charge in [-0.05, 0) is 6.20 Å². The van der Waals surface area contributed by atoms with Crippen molar-refractivity contribution in [3.63, 3.8) is 0 Å². The molecule has 3 nitrogen and oxygen atoms in total. The molecule has 1 rings (SSSR count). The fourth-order valence-corrected chi connectivity index (χ4v) is 1.13. The van der Waals surface area contributed by atoms with Gasteiger partial charge in [0, 0.05) is 32.8 Å². The van der Waals surface area contributed by atoms with Crippen LogP contribution in [0.2, 0.25) is 0 Å². The van der Waals surface area contributed by atoms with E-state index in [0.717, 1.165) is 26.2 Å². The molecule has 1 saturated heterocycles. The number of rotatable bonds is 2. The molecule has 1 fully saturated rings. The van der Waals surface area contributed by atoms with Crippen molar-refractivity contribution in [2.45, 2.75) is 0 Å². The number of piperazine rings is 1. The SMILES string of the molecule is C=CN1CCN(CN)CC1. The highest BCUT2D eigenvalue weighted by Gasteiger charge is 2.11. The predicted octanol–water partition coefficient (Wildman–Crippen LogP) is -0.336. The lowest BCUT2D eigenvalue weighted by atomic mass is 10.3. The van der Waals surface area contributed by atoms with Crippen LogP contribution in [0.5, 0.6) is 0 Å². The van der Waals surface area contributed by atoms with Crippen molar-refractivity contribution in [2.75, 3.05) is 32.8 Å². The summed E-state index contributed by atoms with van der Waals surface area (Å²) in [6.45, 7) is 8.68. The first kappa shape index (κ1) is 7.57. The smallest absolute Gasteiger partial charge is 0.0456 e. The molecule has 0 saturated carbocycles. The van der Waals surface area contributed by atoms with Crippen molar-refractivity contribution in [1.29, 1.82) is 0 Å². The Morgan fingerprint density at radius 1 is 1.30 bits per heavy atom. The van der Waals surface area contributed by atoms with Gasteiger partial charge in [0.25, 0.3) is 0 Å². The van der Waals surface area contributed by atoms with Crippen LogP contribution in [0.3, 0.4) is 0 Å². The third kappa shape index (κ3) is 1.72. The van der Waals surface area contributed by atoms with Gasteiger partial charge in [0.05, 0.1) is 0 Å². The monoisotopic (exact) mass is 141 g/mol. The third-order valence-electron chi connectivity index (χ3n) is 1.92. The summed E-state index contributed by atoms with van der Waals surface area (Å²) < 4.78 is 0. The Labute approximate surface area is 62.1 Å². The van der Waals surface area contributed by atoms with Gasteiger partial charge in [-0.1, -0.05) is 6.58 Å². The van der Waals surface area contributed by atoms with E-state index in [1.54, 1.807) is 0 Å². The molecule has 10 heavy (non-hydrogen) atoms. The van der Waals surface area contributed by atoms with Crippen LogP contribution in [0, 0.1) is 0 Å². The molecule has 0 aliphatic carbocycles. The molecule has 1 aliphatic heterocycles. The second-order valence-corrected chi connectivity index (χ2v) is 2.52. The van der Waals surface area contributed by atoms with Gasteiger partial charge in [-0.3, -0.25) is 4.90 Å². The lowest BCUT2D eigenvalue weighted by molar-refractivity contribution is 0.172. The zero-order valence-corrected chi connectivity index (χ0v) is 6.29. The number of nitrogens with two attached hydrogens (primary N) is 1. The van der Waals surface area contributed by atoms with Crippen LogP contribution in [0.1, 0.15) is 0 Å². The van der Waals surface area contributed by atoms with Gasteiger partial charge in [-0.2, -0.15) is 0 Å². The van der Waals surface area contributed by atoms with Gasteiger partial charge in [-0.15, -0.1) is 0 Å². The first-order valence-electron chi connectivity index (χ1n) is 3.66. The fraction of sp³-hybridized carbons (Fsp3) is 0.714. The normalized spacial score (nSPS) is 21.1. The molecule has 0 bridgehead atoms. The summed E-state index contributed by atoms with van der Waals surface area (Å²) in [4.78, 5) is 4.45. The Morgan fingerprint density at radius 2 is 1.90 bits per heavy atom. The maximum Gasteiger partial charge on any atom is 0.0456 e. The van der Waals surface area contributed by atoms with Crippen LogP contribution in [-0.4, -0.2) is 42.6 Å². The van der Waals surface area contributed by atoms with E-state index in [1.807, 2.05) is 6.20 Å². The van der Waals surface area contributed by atoms with Crippen LogP contribution in [0.15, 0.2) is 12.8 Å². The molecular weight excluding hydrogens is 126 g/mol.